The molecule has 0 radical (unpaired) electrons. The van der Waals surface area contributed by atoms with Crippen LogP contribution in [-0.2, 0) is 24.1 Å². The fourth-order valence-electron chi connectivity index (χ4n) is 5.74. The zero-order valence-electron chi connectivity index (χ0n) is 19.6. The Labute approximate surface area is 217 Å². The average molecular weight is 543 g/mol. The number of nitrogens with one attached hydrogen (secondary N) is 1. The number of carbonyl (C=O) groups excluding carboxylic acids is 2. The molecule has 6 nitrogen and oxygen atoms in total. The Morgan fingerprint density at radius 2 is 1.78 bits per heavy atom. The lowest BCUT2D eigenvalue weighted by atomic mass is 9.92. The molecule has 2 aliphatic heterocycles. The number of fused-ring (bicyclic) bond motifs is 1. The summed E-state index contributed by atoms with van der Waals surface area (Å²) in [7, 11) is 0. The van der Waals surface area contributed by atoms with Crippen molar-refractivity contribution in [3.63, 3.8) is 0 Å². The first-order chi connectivity index (χ1) is 17.1. The van der Waals surface area contributed by atoms with E-state index in [2.05, 4.69) is 10.2 Å². The molecule has 0 bridgehead atoms. The molecule has 0 unspecified atom stereocenters. The van der Waals surface area contributed by atoms with Gasteiger partial charge in [-0.15, -0.1) is 0 Å². The fourth-order valence-corrected chi connectivity index (χ4v) is 6.38. The number of benzene rings is 1. The van der Waals surface area contributed by atoms with Crippen LogP contribution in [0, 0.1) is 11.8 Å². The second-order valence-corrected chi connectivity index (χ2v) is 10.8. The zero-order valence-corrected chi connectivity index (χ0v) is 21.1. The van der Waals surface area contributed by atoms with Gasteiger partial charge >= 0.3 is 6.18 Å². The van der Waals surface area contributed by atoms with Gasteiger partial charge in [-0.3, -0.25) is 14.7 Å². The van der Waals surface area contributed by atoms with Gasteiger partial charge in [-0.05, 0) is 68.2 Å². The van der Waals surface area contributed by atoms with Gasteiger partial charge in [0.15, 0.2) is 0 Å². The van der Waals surface area contributed by atoms with Crippen LogP contribution >= 0.6 is 23.2 Å². The van der Waals surface area contributed by atoms with E-state index in [1.807, 2.05) is 11.1 Å². The monoisotopic (exact) mass is 542 g/mol. The van der Waals surface area contributed by atoms with Crippen LogP contribution in [0.1, 0.15) is 52.9 Å². The molecule has 2 saturated heterocycles. The summed E-state index contributed by atoms with van der Waals surface area (Å²) in [6.07, 6.45) is 1.01. The number of likely N-dealkylation sites (tertiary alicyclic amines) is 2. The molecule has 2 fully saturated rings. The summed E-state index contributed by atoms with van der Waals surface area (Å²) >= 11 is 13.0. The van der Waals surface area contributed by atoms with Crippen molar-refractivity contribution < 1.29 is 22.8 Å². The number of piperidine rings is 1. The number of carbonyl (C=O) groups is 2. The van der Waals surface area contributed by atoms with Gasteiger partial charge in [0.2, 0.25) is 5.91 Å². The first-order valence-electron chi connectivity index (χ1n) is 12.3. The molecule has 1 aromatic carbocycles. The molecule has 5 rings (SSSR count). The third-order valence-corrected chi connectivity index (χ3v) is 8.54. The lowest BCUT2D eigenvalue weighted by Crippen LogP contribution is -2.42. The highest BCUT2D eigenvalue weighted by Crippen LogP contribution is 2.36. The van der Waals surface area contributed by atoms with Crippen molar-refractivity contribution in [3.8, 4) is 0 Å². The SMILES string of the molecule is O=C(c1cc(Cl)c(C[C@@H]2CCN([C@H]3CCc4[nH]ncc4C3)C2=O)c(Cl)c1)N1CCC(C(F)(F)F)CC1. The molecule has 3 heterocycles. The number of hydrogen-bond donors (Lipinski definition) is 1. The Morgan fingerprint density at radius 3 is 2.44 bits per heavy atom. The maximum atomic E-state index is 13.2. The molecule has 36 heavy (non-hydrogen) atoms. The van der Waals surface area contributed by atoms with E-state index in [0.29, 0.717) is 35.0 Å². The van der Waals surface area contributed by atoms with Gasteiger partial charge in [0.05, 0.1) is 12.1 Å². The fraction of sp³-hybridized carbons (Fsp3) is 0.560. The maximum Gasteiger partial charge on any atom is 0.391 e. The summed E-state index contributed by atoms with van der Waals surface area (Å²) in [5.74, 6) is -1.92. The number of aryl methyl sites for hydroxylation is 1. The highest BCUT2D eigenvalue weighted by atomic mass is 35.5. The summed E-state index contributed by atoms with van der Waals surface area (Å²) in [5.41, 5.74) is 3.17. The largest absolute Gasteiger partial charge is 0.391 e. The number of halogens is 5. The van der Waals surface area contributed by atoms with Crippen molar-refractivity contribution in [2.24, 2.45) is 11.8 Å². The first kappa shape index (κ1) is 25.4. The molecule has 0 saturated carbocycles. The van der Waals surface area contributed by atoms with Crippen LogP contribution in [0.5, 0.6) is 0 Å². The van der Waals surface area contributed by atoms with E-state index in [4.69, 9.17) is 23.2 Å². The van der Waals surface area contributed by atoms with Crippen molar-refractivity contribution in [3.05, 3.63) is 50.8 Å². The molecule has 0 spiro atoms. The average Bonchev–Trinajstić information content (AvgIpc) is 3.46. The molecule has 1 aromatic heterocycles. The van der Waals surface area contributed by atoms with Crippen molar-refractivity contribution in [2.75, 3.05) is 19.6 Å². The minimum absolute atomic E-state index is 0.0356. The van der Waals surface area contributed by atoms with Crippen LogP contribution in [0.4, 0.5) is 13.2 Å². The number of alkyl halides is 3. The summed E-state index contributed by atoms with van der Waals surface area (Å²) < 4.78 is 38.8. The molecule has 11 heteroatoms. The maximum absolute atomic E-state index is 13.2. The van der Waals surface area contributed by atoms with E-state index < -0.39 is 12.1 Å². The number of H-pyrrole nitrogens is 1. The predicted octanol–water partition coefficient (Wildman–Crippen LogP) is 5.08. The summed E-state index contributed by atoms with van der Waals surface area (Å²) in [6.45, 7) is 0.753. The number of aromatic amines is 1. The van der Waals surface area contributed by atoms with E-state index in [1.54, 1.807) is 0 Å². The van der Waals surface area contributed by atoms with Crippen LogP contribution in [0.15, 0.2) is 18.3 Å². The van der Waals surface area contributed by atoms with Gasteiger partial charge < -0.3 is 9.80 Å². The number of rotatable bonds is 4. The molecule has 1 aliphatic carbocycles. The van der Waals surface area contributed by atoms with Crippen molar-refractivity contribution in [2.45, 2.75) is 57.2 Å². The molecular formula is C25H27Cl2F3N4O2. The number of hydrogen-bond acceptors (Lipinski definition) is 3. The molecule has 194 valence electrons. The topological polar surface area (TPSA) is 69.3 Å². The highest BCUT2D eigenvalue weighted by molar-refractivity contribution is 6.36. The zero-order chi connectivity index (χ0) is 25.6. The molecule has 2 aromatic rings. The molecule has 3 aliphatic rings. The molecule has 2 amide bonds. The van der Waals surface area contributed by atoms with E-state index in [-0.39, 0.29) is 55.3 Å². The third kappa shape index (κ3) is 4.96. The van der Waals surface area contributed by atoms with Crippen LogP contribution in [0.2, 0.25) is 10.0 Å². The minimum Gasteiger partial charge on any atom is -0.339 e. The van der Waals surface area contributed by atoms with Crippen molar-refractivity contribution in [1.29, 1.82) is 0 Å². The van der Waals surface area contributed by atoms with Crippen LogP contribution in [-0.4, -0.2) is 63.7 Å². The molecule has 1 N–H and O–H groups in total. The lowest BCUT2D eigenvalue weighted by Gasteiger charge is -2.33. The van der Waals surface area contributed by atoms with Crippen molar-refractivity contribution in [1.82, 2.24) is 20.0 Å². The standard InChI is InChI=1S/C25H27Cl2F3N4O2/c26-20-11-15(23(35)33-6-4-17(5-7-33)25(28,29)30)12-21(27)19(20)10-14-3-8-34(24(14)36)18-1-2-22-16(9-18)13-31-32-22/h11-14,17-18H,1-10H2,(H,31,32)/t14-,18-/m0/s1. The Hall–Kier alpha value is -2.26. The van der Waals surface area contributed by atoms with Crippen LogP contribution in [0.3, 0.4) is 0 Å². The normalized spacial score (nSPS) is 23.3. The third-order valence-electron chi connectivity index (χ3n) is 7.87. The Morgan fingerprint density at radius 1 is 1.08 bits per heavy atom. The second kappa shape index (κ2) is 9.89. The summed E-state index contributed by atoms with van der Waals surface area (Å²) in [5, 5.41) is 7.72. The first-order valence-corrected chi connectivity index (χ1v) is 13.0. The summed E-state index contributed by atoms with van der Waals surface area (Å²) in [6, 6.07) is 3.18. The van der Waals surface area contributed by atoms with Crippen molar-refractivity contribution >= 4 is 35.0 Å². The number of aromatic nitrogens is 2. The van der Waals surface area contributed by atoms with E-state index in [9.17, 15) is 22.8 Å². The van der Waals surface area contributed by atoms with Gasteiger partial charge in [-0.25, -0.2) is 0 Å². The number of amides is 2. The van der Waals surface area contributed by atoms with Gasteiger partial charge in [0.1, 0.15) is 0 Å². The lowest BCUT2D eigenvalue weighted by molar-refractivity contribution is -0.183. The van der Waals surface area contributed by atoms with Gasteiger partial charge in [0.25, 0.3) is 5.91 Å². The minimum atomic E-state index is -4.24. The number of nitrogens with zero attached hydrogens (tertiary/aromatic N) is 3. The van der Waals surface area contributed by atoms with Crippen LogP contribution < -0.4 is 0 Å². The predicted molar refractivity (Wildman–Crippen MR) is 129 cm³/mol. The summed E-state index contributed by atoms with van der Waals surface area (Å²) in [4.78, 5) is 29.5. The van der Waals surface area contributed by atoms with E-state index >= 15 is 0 Å². The van der Waals surface area contributed by atoms with Crippen LogP contribution in [0.25, 0.3) is 0 Å². The van der Waals surface area contributed by atoms with E-state index in [1.165, 1.54) is 17.0 Å². The van der Waals surface area contributed by atoms with E-state index in [0.717, 1.165) is 30.5 Å². The van der Waals surface area contributed by atoms with Gasteiger partial charge in [0, 0.05) is 52.9 Å². The Kier molecular flexibility index (Phi) is 6.98. The Bertz CT molecular complexity index is 1140. The quantitative estimate of drug-likeness (QED) is 0.585. The highest BCUT2D eigenvalue weighted by Gasteiger charge is 2.42. The van der Waals surface area contributed by atoms with Gasteiger partial charge in [-0.1, -0.05) is 23.2 Å². The smallest absolute Gasteiger partial charge is 0.339 e. The molecule has 2 atom stereocenters. The second-order valence-electron chi connectivity index (χ2n) is 10.0. The Balaban J connectivity index is 1.23. The van der Waals surface area contributed by atoms with Gasteiger partial charge in [-0.2, -0.15) is 18.3 Å². The molecular weight excluding hydrogens is 516 g/mol.